The van der Waals surface area contributed by atoms with E-state index in [1.165, 1.54) is 4.90 Å². The van der Waals surface area contributed by atoms with Crippen LogP contribution >= 0.6 is 12.2 Å². The second-order valence-corrected chi connectivity index (χ2v) is 8.11. The number of carbonyl (C=O) groups excluding carboxylic acids is 1. The zero-order valence-electron chi connectivity index (χ0n) is 15.7. The summed E-state index contributed by atoms with van der Waals surface area (Å²) in [5.41, 5.74) is 0.311. The minimum Gasteiger partial charge on any atom is -0.511 e. The quantitative estimate of drug-likeness (QED) is 0.349. The molecule has 7 heteroatoms. The molecule has 0 saturated carbocycles. The Labute approximate surface area is 156 Å². The first-order valence-corrected chi connectivity index (χ1v) is 9.61. The van der Waals surface area contributed by atoms with Crippen molar-refractivity contribution in [2.24, 2.45) is 5.41 Å². The number of rotatable bonds is 5. The predicted molar refractivity (Wildman–Crippen MR) is 103 cm³/mol. The zero-order valence-corrected chi connectivity index (χ0v) is 16.5. The molecule has 1 saturated heterocycles. The number of Topliss-reactive ketones (excluding diaryl/α,β-unsaturated/α-hetero) is 1. The second-order valence-electron chi connectivity index (χ2n) is 7.72. The van der Waals surface area contributed by atoms with E-state index in [-0.39, 0.29) is 17.0 Å². The van der Waals surface area contributed by atoms with Crippen molar-refractivity contribution < 1.29 is 19.8 Å². The monoisotopic (exact) mass is 368 g/mol. The number of piperazine rings is 1. The smallest absolute Gasteiger partial charge is 0.189 e. The van der Waals surface area contributed by atoms with Crippen LogP contribution in [0.1, 0.15) is 33.6 Å². The molecule has 1 fully saturated rings. The van der Waals surface area contributed by atoms with Gasteiger partial charge in [-0.3, -0.25) is 4.79 Å². The number of allylic oxidation sites excluding steroid dienone is 2. The summed E-state index contributed by atoms with van der Waals surface area (Å²) >= 11 is 5.36. The lowest BCUT2D eigenvalue weighted by molar-refractivity contribution is -0.910. The number of aliphatic hydroxyl groups is 1. The van der Waals surface area contributed by atoms with Gasteiger partial charge in [0.25, 0.3) is 0 Å². The molecule has 6 nitrogen and oxygen atoms in total. The van der Waals surface area contributed by atoms with Crippen molar-refractivity contribution >= 4 is 29.3 Å². The van der Waals surface area contributed by atoms with Gasteiger partial charge in [-0.2, -0.15) is 0 Å². The van der Waals surface area contributed by atoms with Gasteiger partial charge in [-0.25, -0.2) is 4.99 Å². The third-order valence-corrected chi connectivity index (χ3v) is 5.25. The molecule has 0 amide bonds. The number of quaternary nitrogens is 1. The van der Waals surface area contributed by atoms with Gasteiger partial charge in [0, 0.05) is 19.4 Å². The van der Waals surface area contributed by atoms with Gasteiger partial charge in [0.2, 0.25) is 0 Å². The van der Waals surface area contributed by atoms with E-state index in [4.69, 9.17) is 12.2 Å². The van der Waals surface area contributed by atoms with Gasteiger partial charge in [0.15, 0.2) is 23.7 Å². The lowest BCUT2D eigenvalue weighted by Gasteiger charge is -2.33. The Morgan fingerprint density at radius 3 is 2.68 bits per heavy atom. The number of nitrogens with zero attached hydrogens (tertiary/aromatic N) is 1. The minimum atomic E-state index is -0.143. The van der Waals surface area contributed by atoms with E-state index in [0.717, 1.165) is 50.9 Å². The maximum Gasteiger partial charge on any atom is 0.189 e. The lowest BCUT2D eigenvalue weighted by atomic mass is 9.77. The number of hydrogen-bond acceptors (Lipinski definition) is 3. The van der Waals surface area contributed by atoms with Gasteiger partial charge in [-0.15, -0.1) is 0 Å². The van der Waals surface area contributed by atoms with Gasteiger partial charge < -0.3 is 20.2 Å². The van der Waals surface area contributed by atoms with Crippen LogP contribution in [0.25, 0.3) is 0 Å². The largest absolute Gasteiger partial charge is 0.511 e. The Bertz CT molecular complexity index is 563. The van der Waals surface area contributed by atoms with Crippen molar-refractivity contribution in [3.05, 3.63) is 11.3 Å². The Balaban J connectivity index is 1.75. The van der Waals surface area contributed by atoms with Crippen molar-refractivity contribution in [1.29, 1.82) is 0 Å². The lowest BCUT2D eigenvalue weighted by Crippen LogP contribution is -3.16. The van der Waals surface area contributed by atoms with Gasteiger partial charge in [0.1, 0.15) is 17.9 Å². The van der Waals surface area contributed by atoms with E-state index in [1.54, 1.807) is 6.21 Å². The highest BCUT2D eigenvalue weighted by Gasteiger charge is 2.33. The summed E-state index contributed by atoms with van der Waals surface area (Å²) < 4.78 is 0. The van der Waals surface area contributed by atoms with Gasteiger partial charge in [0.05, 0.1) is 26.2 Å². The van der Waals surface area contributed by atoms with E-state index in [1.807, 2.05) is 13.8 Å². The summed E-state index contributed by atoms with van der Waals surface area (Å²) in [6.07, 6.45) is 2.75. The molecule has 0 atom stereocenters. The molecular weight excluding hydrogens is 336 g/mol. The molecule has 0 unspecified atom stereocenters. The van der Waals surface area contributed by atoms with Crippen molar-refractivity contribution in [2.45, 2.75) is 33.6 Å². The highest BCUT2D eigenvalue weighted by Crippen LogP contribution is 2.34. The highest BCUT2D eigenvalue weighted by atomic mass is 32.1. The average molecular weight is 369 g/mol. The van der Waals surface area contributed by atoms with Crippen LogP contribution in [0.3, 0.4) is 0 Å². The Morgan fingerprint density at radius 1 is 1.40 bits per heavy atom. The van der Waals surface area contributed by atoms with Gasteiger partial charge in [-0.1, -0.05) is 13.8 Å². The SMILES string of the molecule is CCNC(=S)N1CC[NH+](CC[NH+]=CC2=C(O)CC(C)(C)CC2=O)CC1. The molecule has 1 aliphatic heterocycles. The van der Waals surface area contributed by atoms with Crippen LogP contribution in [0.4, 0.5) is 0 Å². The number of thiocarbonyl (C=S) groups is 1. The topological polar surface area (TPSA) is 71.0 Å². The van der Waals surface area contributed by atoms with Crippen LogP contribution in [0, 0.1) is 5.41 Å². The Kier molecular flexibility index (Phi) is 6.95. The van der Waals surface area contributed by atoms with Crippen LogP contribution in [0.15, 0.2) is 11.3 Å². The van der Waals surface area contributed by atoms with E-state index >= 15 is 0 Å². The molecule has 4 N–H and O–H groups in total. The fourth-order valence-electron chi connectivity index (χ4n) is 3.43. The molecule has 25 heavy (non-hydrogen) atoms. The molecule has 0 bridgehead atoms. The first kappa shape index (κ1) is 19.8. The predicted octanol–water partition coefficient (Wildman–Crippen LogP) is -1.57. The third kappa shape index (κ3) is 5.78. The van der Waals surface area contributed by atoms with Crippen LogP contribution < -0.4 is 15.2 Å². The summed E-state index contributed by atoms with van der Waals surface area (Å²) in [6, 6.07) is 0. The van der Waals surface area contributed by atoms with Crippen LogP contribution in [0.2, 0.25) is 0 Å². The van der Waals surface area contributed by atoms with Crippen molar-refractivity contribution in [1.82, 2.24) is 10.2 Å². The molecule has 140 valence electrons. The molecule has 2 rings (SSSR count). The van der Waals surface area contributed by atoms with E-state index in [2.05, 4.69) is 22.1 Å². The fraction of sp³-hybridized carbons (Fsp3) is 0.722. The molecule has 0 spiro atoms. The molecule has 0 aromatic rings. The highest BCUT2D eigenvalue weighted by molar-refractivity contribution is 7.80. The number of ketones is 1. The van der Waals surface area contributed by atoms with Crippen LogP contribution in [-0.2, 0) is 4.79 Å². The normalized spacial score (nSPS) is 21.9. The summed E-state index contributed by atoms with van der Waals surface area (Å²) in [7, 11) is 0. The first-order valence-electron chi connectivity index (χ1n) is 9.20. The summed E-state index contributed by atoms with van der Waals surface area (Å²) in [4.78, 5) is 19.1. The van der Waals surface area contributed by atoms with Crippen molar-refractivity contribution in [2.75, 3.05) is 45.8 Å². The van der Waals surface area contributed by atoms with E-state index in [0.29, 0.717) is 18.4 Å². The zero-order chi connectivity index (χ0) is 18.4. The maximum atomic E-state index is 12.2. The molecule has 0 radical (unpaired) electrons. The fourth-order valence-corrected chi connectivity index (χ4v) is 3.75. The van der Waals surface area contributed by atoms with Crippen molar-refractivity contribution in [3.63, 3.8) is 0 Å². The third-order valence-electron chi connectivity index (χ3n) is 4.85. The first-order chi connectivity index (χ1) is 11.8. The number of carbonyl (C=O) groups is 1. The van der Waals surface area contributed by atoms with Crippen LogP contribution in [0.5, 0.6) is 0 Å². The minimum absolute atomic E-state index is 0.0270. The number of aliphatic hydroxyl groups excluding tert-OH is 1. The number of hydrogen-bond donors (Lipinski definition) is 4. The van der Waals surface area contributed by atoms with E-state index in [9.17, 15) is 9.90 Å². The maximum absolute atomic E-state index is 12.2. The van der Waals surface area contributed by atoms with Crippen LogP contribution in [-0.4, -0.2) is 72.9 Å². The van der Waals surface area contributed by atoms with E-state index < -0.39 is 0 Å². The Hall–Kier alpha value is -1.47. The summed E-state index contributed by atoms with van der Waals surface area (Å²) in [5, 5.41) is 14.2. The molecule has 0 aromatic heterocycles. The standard InChI is InChI=1S/C18H30N4O2S/c1-4-20-17(25)22-9-7-21(8-10-22)6-5-19-13-14-15(23)11-18(2,3)12-16(14)24/h13,23H,4-12H2,1-3H3,(H,20,25)/p+2. The average Bonchev–Trinajstić information content (AvgIpc) is 2.53. The Morgan fingerprint density at radius 2 is 2.08 bits per heavy atom. The molecule has 0 aromatic carbocycles. The molecule has 1 aliphatic carbocycles. The molecular formula is C18H32N4O2S+2. The second kappa shape index (κ2) is 8.76. The number of nitrogens with one attached hydrogen (secondary N) is 3. The summed E-state index contributed by atoms with van der Waals surface area (Å²) in [5.74, 6) is 0.241. The summed E-state index contributed by atoms with van der Waals surface area (Å²) in [6.45, 7) is 12.8. The van der Waals surface area contributed by atoms with Gasteiger partial charge >= 0.3 is 0 Å². The molecule has 2 aliphatic rings. The van der Waals surface area contributed by atoms with Crippen molar-refractivity contribution in [3.8, 4) is 0 Å². The molecule has 1 heterocycles. The van der Waals surface area contributed by atoms with Gasteiger partial charge in [-0.05, 0) is 24.6 Å².